The number of rotatable bonds is 8. The van der Waals surface area contributed by atoms with Crippen LogP contribution < -0.4 is 0 Å². The molecule has 0 aromatic carbocycles. The standard InChI is InChI=1S/C36H52O10/c1-19(37)44-24-16-23-22(32(6,7)30(24)42)12-13-26-33(8)17-25(45-20(2)38)29(34(33,9)18-28(41)35(23,26)10)36(11,43)27(40)14-15-31(4,5)46-21(3)39/h12,23-26,29,43H,13-18H2,1-11H3/t23-,24+,25-,26+,29+,33+,34-,35+,36+/m1/s1. The summed E-state index contributed by atoms with van der Waals surface area (Å²) in [6.07, 6.45) is 1.38. The van der Waals surface area contributed by atoms with Gasteiger partial charge in [0.1, 0.15) is 23.1 Å². The fourth-order valence-corrected chi connectivity index (χ4v) is 10.2. The van der Waals surface area contributed by atoms with Crippen LogP contribution in [-0.4, -0.2) is 63.8 Å². The Kier molecular flexibility index (Phi) is 8.89. The Bertz CT molecular complexity index is 1390. The number of fused-ring (bicyclic) bond motifs is 5. The maximum Gasteiger partial charge on any atom is 0.303 e. The fourth-order valence-electron chi connectivity index (χ4n) is 10.2. The van der Waals surface area contributed by atoms with E-state index in [1.54, 1.807) is 13.8 Å². The van der Waals surface area contributed by atoms with Crippen molar-refractivity contribution in [3.63, 3.8) is 0 Å². The molecule has 9 atom stereocenters. The molecule has 0 unspecified atom stereocenters. The number of ketones is 3. The lowest BCUT2D eigenvalue weighted by Gasteiger charge is -2.64. The van der Waals surface area contributed by atoms with Crippen LogP contribution >= 0.6 is 0 Å². The Labute approximate surface area is 272 Å². The van der Waals surface area contributed by atoms with Crippen molar-refractivity contribution in [1.29, 1.82) is 0 Å². The molecule has 0 bridgehead atoms. The largest absolute Gasteiger partial charge is 0.462 e. The lowest BCUT2D eigenvalue weighted by Crippen LogP contribution is -2.65. The molecule has 0 radical (unpaired) electrons. The van der Waals surface area contributed by atoms with Crippen molar-refractivity contribution in [1.82, 2.24) is 0 Å². The molecule has 0 heterocycles. The van der Waals surface area contributed by atoms with Gasteiger partial charge in [-0.3, -0.25) is 28.8 Å². The summed E-state index contributed by atoms with van der Waals surface area (Å²) >= 11 is 0. The molecule has 256 valence electrons. The molecule has 0 aliphatic heterocycles. The second-order valence-corrected chi connectivity index (χ2v) is 16.3. The van der Waals surface area contributed by atoms with Gasteiger partial charge in [0, 0.05) is 50.4 Å². The van der Waals surface area contributed by atoms with Gasteiger partial charge in [-0.25, -0.2) is 0 Å². The molecule has 0 spiro atoms. The quantitative estimate of drug-likeness (QED) is 0.220. The molecule has 4 aliphatic rings. The van der Waals surface area contributed by atoms with Crippen molar-refractivity contribution in [3.05, 3.63) is 11.6 Å². The van der Waals surface area contributed by atoms with Crippen LogP contribution in [-0.2, 0) is 43.0 Å². The monoisotopic (exact) mass is 644 g/mol. The van der Waals surface area contributed by atoms with E-state index < -0.39 is 74.7 Å². The van der Waals surface area contributed by atoms with Crippen molar-refractivity contribution < 1.29 is 48.1 Å². The first kappa shape index (κ1) is 36.0. The molecule has 0 aromatic heterocycles. The van der Waals surface area contributed by atoms with E-state index >= 15 is 0 Å². The number of hydrogen-bond donors (Lipinski definition) is 1. The van der Waals surface area contributed by atoms with Gasteiger partial charge >= 0.3 is 17.9 Å². The maximum absolute atomic E-state index is 14.7. The minimum atomic E-state index is -1.97. The van der Waals surface area contributed by atoms with Crippen molar-refractivity contribution in [2.24, 2.45) is 39.4 Å². The molecule has 0 amide bonds. The van der Waals surface area contributed by atoms with E-state index in [4.69, 9.17) is 14.2 Å². The van der Waals surface area contributed by atoms with Crippen LogP contribution in [0, 0.1) is 39.4 Å². The van der Waals surface area contributed by atoms with Crippen LogP contribution in [0.15, 0.2) is 11.6 Å². The number of carbonyl (C=O) groups is 6. The maximum atomic E-state index is 14.7. The van der Waals surface area contributed by atoms with Gasteiger partial charge in [0.25, 0.3) is 0 Å². The molecule has 4 rings (SSSR count). The van der Waals surface area contributed by atoms with E-state index in [0.717, 1.165) is 5.57 Å². The van der Waals surface area contributed by atoms with E-state index in [9.17, 15) is 33.9 Å². The second-order valence-electron chi connectivity index (χ2n) is 16.3. The van der Waals surface area contributed by atoms with Crippen molar-refractivity contribution in [2.45, 2.75) is 138 Å². The van der Waals surface area contributed by atoms with E-state index in [1.165, 1.54) is 27.7 Å². The van der Waals surface area contributed by atoms with Gasteiger partial charge in [-0.2, -0.15) is 0 Å². The highest BCUT2D eigenvalue weighted by atomic mass is 16.6. The van der Waals surface area contributed by atoms with E-state index in [1.807, 2.05) is 27.7 Å². The first-order valence-electron chi connectivity index (χ1n) is 16.4. The molecule has 10 nitrogen and oxygen atoms in total. The van der Waals surface area contributed by atoms with Crippen LogP contribution in [0.3, 0.4) is 0 Å². The summed E-state index contributed by atoms with van der Waals surface area (Å²) in [4.78, 5) is 78.1. The summed E-state index contributed by atoms with van der Waals surface area (Å²) < 4.78 is 16.8. The predicted octanol–water partition coefficient (Wildman–Crippen LogP) is 4.86. The molecule has 3 fully saturated rings. The van der Waals surface area contributed by atoms with Gasteiger partial charge in [-0.05, 0) is 83.0 Å². The van der Waals surface area contributed by atoms with Crippen molar-refractivity contribution >= 4 is 35.3 Å². The predicted molar refractivity (Wildman–Crippen MR) is 167 cm³/mol. The molecule has 10 heteroatoms. The molecule has 0 saturated heterocycles. The Balaban J connectivity index is 1.79. The highest BCUT2D eigenvalue weighted by Gasteiger charge is 2.75. The van der Waals surface area contributed by atoms with Crippen molar-refractivity contribution in [3.8, 4) is 0 Å². The van der Waals surface area contributed by atoms with Crippen molar-refractivity contribution in [2.75, 3.05) is 0 Å². The number of aliphatic hydroxyl groups is 1. The number of carbonyl (C=O) groups excluding carboxylic acids is 6. The SMILES string of the molecule is CC(=O)O[C@H]1C[C@@H]2C(=CC[C@@H]3[C@@]2(C)C(=O)C[C@]2(C)[C@@H]([C@@](C)(O)C(=O)CCC(C)(C)OC(C)=O)[C@H](OC(C)=O)C[C@@]32C)C(C)(C)C1=O. The summed E-state index contributed by atoms with van der Waals surface area (Å²) in [7, 11) is 0. The first-order valence-corrected chi connectivity index (χ1v) is 16.4. The average molecular weight is 645 g/mol. The summed E-state index contributed by atoms with van der Waals surface area (Å²) in [6, 6.07) is 0. The highest BCUT2D eigenvalue weighted by Crippen LogP contribution is 2.74. The van der Waals surface area contributed by atoms with Gasteiger partial charge in [0.05, 0.1) is 0 Å². The van der Waals surface area contributed by atoms with E-state index in [0.29, 0.717) is 12.8 Å². The van der Waals surface area contributed by atoms with Gasteiger partial charge in [0.15, 0.2) is 17.7 Å². The Morgan fingerprint density at radius 1 is 0.913 bits per heavy atom. The minimum Gasteiger partial charge on any atom is -0.462 e. The van der Waals surface area contributed by atoms with Gasteiger partial charge in [-0.15, -0.1) is 0 Å². The zero-order chi connectivity index (χ0) is 35.0. The molecule has 1 N–H and O–H groups in total. The van der Waals surface area contributed by atoms with E-state index in [2.05, 4.69) is 13.0 Å². The van der Waals surface area contributed by atoms with E-state index in [-0.39, 0.29) is 49.1 Å². The third-order valence-electron chi connectivity index (χ3n) is 12.5. The van der Waals surface area contributed by atoms with Crippen LogP contribution in [0.5, 0.6) is 0 Å². The summed E-state index contributed by atoms with van der Waals surface area (Å²) in [5.41, 5.74) is -5.52. The van der Waals surface area contributed by atoms with Gasteiger partial charge < -0.3 is 19.3 Å². The zero-order valence-electron chi connectivity index (χ0n) is 29.3. The molecule has 4 aliphatic carbocycles. The van der Waals surface area contributed by atoms with Crippen LogP contribution in [0.4, 0.5) is 0 Å². The number of ether oxygens (including phenoxy) is 3. The lowest BCUT2D eigenvalue weighted by molar-refractivity contribution is -0.188. The second kappa shape index (κ2) is 11.4. The Morgan fingerprint density at radius 2 is 1.50 bits per heavy atom. The van der Waals surface area contributed by atoms with Gasteiger partial charge in [0.2, 0.25) is 0 Å². The lowest BCUT2D eigenvalue weighted by atomic mass is 9.38. The summed E-state index contributed by atoms with van der Waals surface area (Å²) in [6.45, 7) is 18.3. The third-order valence-corrected chi connectivity index (χ3v) is 12.5. The molecule has 3 saturated carbocycles. The average Bonchev–Trinajstić information content (AvgIpc) is 3.11. The molecular formula is C36H52O10. The molecule has 46 heavy (non-hydrogen) atoms. The highest BCUT2D eigenvalue weighted by molar-refractivity contribution is 5.96. The third kappa shape index (κ3) is 5.46. The topological polar surface area (TPSA) is 150 Å². The first-order chi connectivity index (χ1) is 20.9. The Morgan fingerprint density at radius 3 is 2.04 bits per heavy atom. The fraction of sp³-hybridized carbons (Fsp3) is 0.778. The van der Waals surface area contributed by atoms with Crippen LogP contribution in [0.2, 0.25) is 0 Å². The number of allylic oxidation sites excluding steroid dienone is 2. The minimum absolute atomic E-state index is 0.0255. The van der Waals surface area contributed by atoms with Gasteiger partial charge in [-0.1, -0.05) is 32.4 Å². The van der Waals surface area contributed by atoms with Crippen LogP contribution in [0.1, 0.15) is 115 Å². The Hall–Kier alpha value is -2.88. The number of hydrogen-bond acceptors (Lipinski definition) is 10. The normalized spacial score (nSPS) is 37.9. The summed E-state index contributed by atoms with van der Waals surface area (Å²) in [5, 5.41) is 12.2. The zero-order valence-corrected chi connectivity index (χ0v) is 29.3. The summed E-state index contributed by atoms with van der Waals surface area (Å²) in [5.74, 6) is -3.83. The number of Topliss-reactive ketones (excluding diaryl/α,β-unsaturated/α-hetero) is 3. The molecular weight excluding hydrogens is 592 g/mol. The molecule has 0 aromatic rings. The van der Waals surface area contributed by atoms with Crippen LogP contribution in [0.25, 0.3) is 0 Å². The smallest absolute Gasteiger partial charge is 0.303 e. The number of esters is 3.